The van der Waals surface area contributed by atoms with Crippen LogP contribution in [0.1, 0.15) is 18.2 Å². The Hall–Kier alpha value is -2.20. The number of furan rings is 1. The van der Waals surface area contributed by atoms with Crippen molar-refractivity contribution in [1.29, 1.82) is 0 Å². The summed E-state index contributed by atoms with van der Waals surface area (Å²) >= 11 is 0. The first-order valence-corrected chi connectivity index (χ1v) is 10.4. The van der Waals surface area contributed by atoms with Gasteiger partial charge in [-0.2, -0.15) is 4.31 Å². The first-order valence-electron chi connectivity index (χ1n) is 8.94. The van der Waals surface area contributed by atoms with Gasteiger partial charge in [0.1, 0.15) is 11.8 Å². The molecule has 2 aliphatic heterocycles. The molecule has 4 rings (SSSR count). The molecule has 1 aromatic heterocycles. The Kier molecular flexibility index (Phi) is 5.00. The second-order valence-corrected chi connectivity index (χ2v) is 8.63. The van der Waals surface area contributed by atoms with Crippen LogP contribution in [0.2, 0.25) is 0 Å². The third-order valence-corrected chi connectivity index (χ3v) is 6.93. The van der Waals surface area contributed by atoms with Crippen LogP contribution in [-0.4, -0.2) is 55.8 Å². The molecule has 0 radical (unpaired) electrons. The van der Waals surface area contributed by atoms with Crippen LogP contribution >= 0.6 is 0 Å². The number of benzene rings is 1. The van der Waals surface area contributed by atoms with Crippen LogP contribution < -0.4 is 10.9 Å². The minimum Gasteiger partial charge on any atom is -0.468 e. The molecule has 0 spiro atoms. The van der Waals surface area contributed by atoms with E-state index in [1.165, 1.54) is 4.31 Å². The zero-order chi connectivity index (χ0) is 18.9. The average Bonchev–Trinajstić information content (AvgIpc) is 3.40. The fraction of sp³-hybridized carbons (Fsp3) is 0.389. The van der Waals surface area contributed by atoms with Crippen molar-refractivity contribution < 1.29 is 17.6 Å². The highest BCUT2D eigenvalue weighted by atomic mass is 32.2. The van der Waals surface area contributed by atoms with Crippen molar-refractivity contribution in [1.82, 2.24) is 20.1 Å². The van der Waals surface area contributed by atoms with E-state index in [1.54, 1.807) is 41.5 Å². The largest absolute Gasteiger partial charge is 0.468 e. The molecule has 2 atom stereocenters. The molecule has 2 fully saturated rings. The van der Waals surface area contributed by atoms with Gasteiger partial charge in [-0.3, -0.25) is 4.79 Å². The molecule has 0 bridgehead atoms. The summed E-state index contributed by atoms with van der Waals surface area (Å²) in [4.78, 5) is 14.8. The molecule has 8 nitrogen and oxygen atoms in total. The minimum atomic E-state index is -3.51. The number of amides is 1. The number of hydrogen-bond donors (Lipinski definition) is 2. The van der Waals surface area contributed by atoms with E-state index < -0.39 is 10.0 Å². The molecule has 2 N–H and O–H groups in total. The van der Waals surface area contributed by atoms with E-state index in [0.29, 0.717) is 32.6 Å². The summed E-state index contributed by atoms with van der Waals surface area (Å²) in [6.45, 7) is 1.36. The fourth-order valence-electron chi connectivity index (χ4n) is 3.50. The second kappa shape index (κ2) is 7.43. The number of nitrogens with zero attached hydrogens (tertiary/aromatic N) is 2. The molecular formula is C18H22N4O4S. The number of nitrogens with one attached hydrogen (secondary N) is 2. The lowest BCUT2D eigenvalue weighted by Gasteiger charge is -2.35. The normalized spacial score (nSPS) is 24.2. The Labute approximate surface area is 158 Å². The summed E-state index contributed by atoms with van der Waals surface area (Å²) in [5.74, 6) is 0.768. The molecule has 1 aromatic carbocycles. The molecule has 0 aliphatic carbocycles. The number of carbonyl (C=O) groups excluding carboxylic acids is 1. The Morgan fingerprint density at radius 3 is 2.41 bits per heavy atom. The first-order chi connectivity index (χ1) is 13.1. The van der Waals surface area contributed by atoms with Crippen LogP contribution in [0.25, 0.3) is 0 Å². The van der Waals surface area contributed by atoms with Crippen LogP contribution in [0, 0.1) is 0 Å². The van der Waals surface area contributed by atoms with E-state index in [9.17, 15) is 13.2 Å². The third-order valence-electron chi connectivity index (χ3n) is 5.02. The van der Waals surface area contributed by atoms with Gasteiger partial charge in [0.15, 0.2) is 0 Å². The lowest BCUT2D eigenvalue weighted by Crippen LogP contribution is -2.54. The van der Waals surface area contributed by atoms with Crippen LogP contribution in [0.3, 0.4) is 0 Å². The maximum Gasteiger partial charge on any atom is 0.243 e. The van der Waals surface area contributed by atoms with E-state index in [1.807, 2.05) is 12.1 Å². The van der Waals surface area contributed by atoms with Gasteiger partial charge in [-0.1, -0.05) is 18.2 Å². The lowest BCUT2D eigenvalue weighted by atomic mass is 10.1. The number of carbonyl (C=O) groups is 1. The number of piperazine rings is 1. The van der Waals surface area contributed by atoms with Crippen LogP contribution in [-0.2, 0) is 14.8 Å². The predicted molar refractivity (Wildman–Crippen MR) is 97.9 cm³/mol. The smallest absolute Gasteiger partial charge is 0.243 e. The average molecular weight is 390 g/mol. The summed E-state index contributed by atoms with van der Waals surface area (Å²) in [7, 11) is -3.51. The van der Waals surface area contributed by atoms with Gasteiger partial charge in [0.2, 0.25) is 15.9 Å². The lowest BCUT2D eigenvalue weighted by molar-refractivity contribution is -0.134. The number of rotatable bonds is 4. The highest BCUT2D eigenvalue weighted by Crippen LogP contribution is 2.24. The van der Waals surface area contributed by atoms with Gasteiger partial charge in [0.25, 0.3) is 0 Å². The SMILES string of the molecule is O=C(C1CC(c2ccco2)NN1)N1CCN(S(=O)(=O)c2ccccc2)CC1. The molecule has 1 amide bonds. The van der Waals surface area contributed by atoms with Gasteiger partial charge in [-0.25, -0.2) is 19.3 Å². The van der Waals surface area contributed by atoms with Crippen LogP contribution in [0.15, 0.2) is 58.0 Å². The number of hydrazine groups is 1. The second-order valence-electron chi connectivity index (χ2n) is 6.69. The maximum absolute atomic E-state index is 12.8. The Morgan fingerprint density at radius 1 is 1.00 bits per heavy atom. The predicted octanol–water partition coefficient (Wildman–Crippen LogP) is 0.720. The maximum atomic E-state index is 12.8. The van der Waals surface area contributed by atoms with Gasteiger partial charge in [-0.05, 0) is 30.7 Å². The summed E-state index contributed by atoms with van der Waals surface area (Å²) in [5.41, 5.74) is 6.11. The molecule has 2 unspecified atom stereocenters. The van der Waals surface area contributed by atoms with Gasteiger partial charge < -0.3 is 9.32 Å². The molecular weight excluding hydrogens is 368 g/mol. The van der Waals surface area contributed by atoms with Gasteiger partial charge >= 0.3 is 0 Å². The van der Waals surface area contributed by atoms with Crippen molar-refractivity contribution >= 4 is 15.9 Å². The Balaban J connectivity index is 1.35. The molecule has 27 heavy (non-hydrogen) atoms. The van der Waals surface area contributed by atoms with E-state index in [-0.39, 0.29) is 22.9 Å². The number of hydrogen-bond acceptors (Lipinski definition) is 6. The van der Waals surface area contributed by atoms with Gasteiger partial charge in [0, 0.05) is 26.2 Å². The zero-order valence-electron chi connectivity index (χ0n) is 14.7. The molecule has 9 heteroatoms. The van der Waals surface area contributed by atoms with Gasteiger partial charge in [0.05, 0.1) is 17.2 Å². The van der Waals surface area contributed by atoms with Crippen molar-refractivity contribution in [3.63, 3.8) is 0 Å². The van der Waals surface area contributed by atoms with E-state index in [2.05, 4.69) is 10.9 Å². The highest BCUT2D eigenvalue weighted by molar-refractivity contribution is 7.89. The van der Waals surface area contributed by atoms with E-state index in [0.717, 1.165) is 5.76 Å². The third kappa shape index (κ3) is 3.63. The van der Waals surface area contributed by atoms with Crippen molar-refractivity contribution in [3.8, 4) is 0 Å². The van der Waals surface area contributed by atoms with Crippen molar-refractivity contribution in [2.45, 2.75) is 23.4 Å². The molecule has 3 heterocycles. The van der Waals surface area contributed by atoms with Crippen molar-refractivity contribution in [2.75, 3.05) is 26.2 Å². The van der Waals surface area contributed by atoms with Crippen LogP contribution in [0.5, 0.6) is 0 Å². The number of sulfonamides is 1. The van der Waals surface area contributed by atoms with Crippen molar-refractivity contribution in [3.05, 3.63) is 54.5 Å². The molecule has 2 aliphatic rings. The van der Waals surface area contributed by atoms with Crippen LogP contribution in [0.4, 0.5) is 0 Å². The summed E-state index contributed by atoms with van der Waals surface area (Å²) in [6, 6.07) is 11.7. The van der Waals surface area contributed by atoms with Gasteiger partial charge in [-0.15, -0.1) is 0 Å². The zero-order valence-corrected chi connectivity index (χ0v) is 15.6. The monoisotopic (exact) mass is 390 g/mol. The first kappa shape index (κ1) is 18.2. The minimum absolute atomic E-state index is 0.0201. The van der Waals surface area contributed by atoms with Crippen molar-refractivity contribution in [2.24, 2.45) is 0 Å². The Morgan fingerprint density at radius 2 is 1.74 bits per heavy atom. The van der Waals surface area contributed by atoms with E-state index >= 15 is 0 Å². The standard InChI is InChI=1S/C18H22N4O4S/c23-18(16-13-15(19-20-16)17-7-4-12-26-17)21-8-10-22(11-9-21)27(24,25)14-5-2-1-3-6-14/h1-7,12,15-16,19-20H,8-11,13H2. The molecule has 2 aromatic rings. The molecule has 144 valence electrons. The summed E-state index contributed by atoms with van der Waals surface area (Å²) in [5, 5.41) is 0. The van der Waals surface area contributed by atoms with E-state index in [4.69, 9.17) is 4.42 Å². The topological polar surface area (TPSA) is 94.9 Å². The summed E-state index contributed by atoms with van der Waals surface area (Å²) < 4.78 is 32.2. The quantitative estimate of drug-likeness (QED) is 0.799. The molecule has 2 saturated heterocycles. The summed E-state index contributed by atoms with van der Waals surface area (Å²) in [6.07, 6.45) is 2.20. The highest BCUT2D eigenvalue weighted by Gasteiger charge is 2.36. The molecule has 0 saturated carbocycles. The Bertz CT molecular complexity index is 877. The fourth-order valence-corrected chi connectivity index (χ4v) is 4.95.